The number of pyridine rings is 1. The zero-order valence-electron chi connectivity index (χ0n) is 12.1. The fourth-order valence-electron chi connectivity index (χ4n) is 2.00. The van der Waals surface area contributed by atoms with Crippen molar-refractivity contribution in [2.45, 2.75) is 20.1 Å². The Balaban J connectivity index is 2.20. The van der Waals surface area contributed by atoms with E-state index in [9.17, 15) is 4.79 Å². The number of nitrogens with one attached hydrogen (secondary N) is 1. The van der Waals surface area contributed by atoms with Gasteiger partial charge in [-0.15, -0.1) is 0 Å². The Morgan fingerprint density at radius 3 is 2.55 bits per heavy atom. The summed E-state index contributed by atoms with van der Waals surface area (Å²) in [5.41, 5.74) is 2.48. The van der Waals surface area contributed by atoms with Gasteiger partial charge in [0.15, 0.2) is 5.75 Å². The Kier molecular flexibility index (Phi) is 4.58. The highest BCUT2D eigenvalue weighted by Crippen LogP contribution is 2.13. The zero-order chi connectivity index (χ0) is 14.5. The van der Waals surface area contributed by atoms with Gasteiger partial charge in [0.25, 0.3) is 0 Å². The standard InChI is InChI=1S/C16H20N2O2/c1-12-16(20-11-13-7-5-4-6-8-13)15(19)14(9-17-12)10-18(2)3/h4-9H,10-11H2,1-3H3,(H,17,19). The number of aromatic nitrogens is 1. The highest BCUT2D eigenvalue weighted by Gasteiger charge is 2.11. The number of benzene rings is 1. The summed E-state index contributed by atoms with van der Waals surface area (Å²) in [4.78, 5) is 17.4. The number of aryl methyl sites for hydroxylation is 1. The Hall–Kier alpha value is -2.07. The molecule has 20 heavy (non-hydrogen) atoms. The van der Waals surface area contributed by atoms with Crippen molar-refractivity contribution in [2.24, 2.45) is 0 Å². The lowest BCUT2D eigenvalue weighted by molar-refractivity contribution is 0.298. The van der Waals surface area contributed by atoms with Crippen LogP contribution in [0.4, 0.5) is 0 Å². The maximum absolute atomic E-state index is 12.4. The molecule has 0 unspecified atom stereocenters. The predicted molar refractivity (Wildman–Crippen MR) is 80.0 cm³/mol. The van der Waals surface area contributed by atoms with E-state index in [2.05, 4.69) is 4.98 Å². The first kappa shape index (κ1) is 14.3. The van der Waals surface area contributed by atoms with Gasteiger partial charge in [-0.1, -0.05) is 30.3 Å². The van der Waals surface area contributed by atoms with Crippen LogP contribution < -0.4 is 10.2 Å². The molecule has 0 atom stereocenters. The fraction of sp³-hybridized carbons (Fsp3) is 0.312. The summed E-state index contributed by atoms with van der Waals surface area (Å²) in [5.74, 6) is 0.410. The fourth-order valence-corrected chi connectivity index (χ4v) is 2.00. The van der Waals surface area contributed by atoms with Crippen LogP contribution in [0.5, 0.6) is 5.75 Å². The summed E-state index contributed by atoms with van der Waals surface area (Å²) in [6.45, 7) is 2.84. The number of rotatable bonds is 5. The minimum atomic E-state index is -0.0362. The summed E-state index contributed by atoms with van der Waals surface area (Å²) in [5, 5.41) is 0. The van der Waals surface area contributed by atoms with Crippen molar-refractivity contribution in [1.82, 2.24) is 9.88 Å². The van der Waals surface area contributed by atoms with Gasteiger partial charge in [0.05, 0.1) is 5.69 Å². The van der Waals surface area contributed by atoms with Gasteiger partial charge in [-0.05, 0) is 26.6 Å². The van der Waals surface area contributed by atoms with Crippen LogP contribution in [0, 0.1) is 6.92 Å². The van der Waals surface area contributed by atoms with Crippen molar-refractivity contribution in [1.29, 1.82) is 0 Å². The summed E-state index contributed by atoms with van der Waals surface area (Å²) in [6, 6.07) is 9.83. The van der Waals surface area contributed by atoms with Crippen LogP contribution in [-0.2, 0) is 13.2 Å². The summed E-state index contributed by atoms with van der Waals surface area (Å²) >= 11 is 0. The van der Waals surface area contributed by atoms with Crippen molar-refractivity contribution < 1.29 is 4.74 Å². The lowest BCUT2D eigenvalue weighted by Gasteiger charge is -2.13. The SMILES string of the molecule is Cc1[nH]cc(CN(C)C)c(=O)c1OCc1ccccc1. The minimum Gasteiger partial charge on any atom is -0.483 e. The van der Waals surface area contributed by atoms with E-state index >= 15 is 0 Å². The molecular formula is C16H20N2O2. The highest BCUT2D eigenvalue weighted by atomic mass is 16.5. The molecule has 0 aliphatic rings. The Morgan fingerprint density at radius 2 is 1.90 bits per heavy atom. The van der Waals surface area contributed by atoms with Crippen molar-refractivity contribution in [3.05, 3.63) is 63.6 Å². The molecule has 0 aliphatic carbocycles. The molecule has 0 amide bonds. The summed E-state index contributed by atoms with van der Waals surface area (Å²) in [6.07, 6.45) is 1.76. The van der Waals surface area contributed by atoms with E-state index in [0.717, 1.165) is 11.3 Å². The van der Waals surface area contributed by atoms with Crippen molar-refractivity contribution >= 4 is 0 Å². The summed E-state index contributed by atoms with van der Waals surface area (Å²) in [7, 11) is 3.87. The molecule has 0 bridgehead atoms. The van der Waals surface area contributed by atoms with Gasteiger partial charge >= 0.3 is 0 Å². The first-order valence-corrected chi connectivity index (χ1v) is 6.60. The molecule has 1 heterocycles. The third-order valence-corrected chi connectivity index (χ3v) is 3.01. The lowest BCUT2D eigenvalue weighted by Crippen LogP contribution is -2.21. The minimum absolute atomic E-state index is 0.0362. The topological polar surface area (TPSA) is 45.3 Å². The second-order valence-electron chi connectivity index (χ2n) is 5.11. The highest BCUT2D eigenvalue weighted by molar-refractivity contribution is 5.31. The number of nitrogens with zero attached hydrogens (tertiary/aromatic N) is 1. The molecule has 0 saturated heterocycles. The molecule has 4 heteroatoms. The molecule has 0 radical (unpaired) electrons. The molecule has 0 spiro atoms. The van der Waals surface area contributed by atoms with Crippen molar-refractivity contribution in [3.8, 4) is 5.75 Å². The van der Waals surface area contributed by atoms with E-state index in [1.165, 1.54) is 0 Å². The second-order valence-corrected chi connectivity index (χ2v) is 5.11. The van der Waals surface area contributed by atoms with Crippen LogP contribution >= 0.6 is 0 Å². The van der Waals surface area contributed by atoms with E-state index in [4.69, 9.17) is 4.74 Å². The Labute approximate surface area is 119 Å². The molecule has 1 N–H and O–H groups in total. The van der Waals surface area contributed by atoms with Gasteiger partial charge < -0.3 is 14.6 Å². The number of hydrogen-bond acceptors (Lipinski definition) is 3. The van der Waals surface area contributed by atoms with Gasteiger partial charge in [-0.2, -0.15) is 0 Å². The number of ether oxygens (including phenoxy) is 1. The quantitative estimate of drug-likeness (QED) is 0.908. The monoisotopic (exact) mass is 272 g/mol. The van der Waals surface area contributed by atoms with Gasteiger partial charge in [0.2, 0.25) is 5.43 Å². The number of hydrogen-bond donors (Lipinski definition) is 1. The van der Waals surface area contributed by atoms with Crippen molar-refractivity contribution in [3.63, 3.8) is 0 Å². The molecule has 106 valence electrons. The van der Waals surface area contributed by atoms with E-state index in [-0.39, 0.29) is 5.43 Å². The largest absolute Gasteiger partial charge is 0.483 e. The van der Waals surface area contributed by atoms with Gasteiger partial charge in [-0.3, -0.25) is 4.79 Å². The van der Waals surface area contributed by atoms with Crippen LogP contribution in [0.25, 0.3) is 0 Å². The van der Waals surface area contributed by atoms with E-state index in [1.807, 2.05) is 56.3 Å². The Morgan fingerprint density at radius 1 is 1.20 bits per heavy atom. The molecule has 4 nitrogen and oxygen atoms in total. The van der Waals surface area contributed by atoms with E-state index in [0.29, 0.717) is 24.5 Å². The third-order valence-electron chi connectivity index (χ3n) is 3.01. The zero-order valence-corrected chi connectivity index (χ0v) is 12.1. The average molecular weight is 272 g/mol. The molecule has 1 aromatic carbocycles. The van der Waals surface area contributed by atoms with Gasteiger partial charge in [0.1, 0.15) is 6.61 Å². The molecule has 0 saturated carbocycles. The van der Waals surface area contributed by atoms with Crippen LogP contribution in [0.1, 0.15) is 16.8 Å². The average Bonchev–Trinajstić information content (AvgIpc) is 2.43. The lowest BCUT2D eigenvalue weighted by atomic mass is 10.2. The van der Waals surface area contributed by atoms with Crippen LogP contribution in [0.3, 0.4) is 0 Å². The normalized spacial score (nSPS) is 10.8. The first-order valence-electron chi connectivity index (χ1n) is 6.60. The van der Waals surface area contributed by atoms with Crippen LogP contribution in [-0.4, -0.2) is 24.0 Å². The number of aromatic amines is 1. The smallest absolute Gasteiger partial charge is 0.228 e. The second kappa shape index (κ2) is 6.39. The van der Waals surface area contributed by atoms with Crippen molar-refractivity contribution in [2.75, 3.05) is 14.1 Å². The maximum Gasteiger partial charge on any atom is 0.228 e. The molecular weight excluding hydrogens is 252 g/mol. The van der Waals surface area contributed by atoms with Crippen LogP contribution in [0.15, 0.2) is 41.3 Å². The van der Waals surface area contributed by atoms with E-state index in [1.54, 1.807) is 6.20 Å². The van der Waals surface area contributed by atoms with E-state index < -0.39 is 0 Å². The molecule has 2 rings (SSSR count). The molecule has 2 aromatic rings. The maximum atomic E-state index is 12.4. The Bertz CT molecular complexity index is 618. The first-order chi connectivity index (χ1) is 9.58. The van der Waals surface area contributed by atoms with Gasteiger partial charge in [-0.25, -0.2) is 0 Å². The predicted octanol–water partition coefficient (Wildman–Crippen LogP) is 2.32. The molecule has 0 aliphatic heterocycles. The van der Waals surface area contributed by atoms with Crippen LogP contribution in [0.2, 0.25) is 0 Å². The van der Waals surface area contributed by atoms with Gasteiger partial charge in [0, 0.05) is 18.3 Å². The third kappa shape index (κ3) is 3.48. The molecule has 0 fully saturated rings. The molecule has 1 aromatic heterocycles. The summed E-state index contributed by atoms with van der Waals surface area (Å²) < 4.78 is 5.71. The number of H-pyrrole nitrogens is 1.